The van der Waals surface area contributed by atoms with Crippen LogP contribution < -0.4 is 15.8 Å². The number of nitrogens with one attached hydrogen (secondary N) is 1. The van der Waals surface area contributed by atoms with Crippen LogP contribution in [0.15, 0.2) is 28.7 Å². The van der Waals surface area contributed by atoms with Crippen LogP contribution in [0, 0.1) is 0 Å². The molecule has 1 aliphatic carbocycles. The Morgan fingerprint density at radius 3 is 2.76 bits per heavy atom. The molecule has 3 N–H and O–H groups in total. The zero-order valence-electron chi connectivity index (χ0n) is 11.4. The molecular formula is C14H16N4O3. The fourth-order valence-corrected chi connectivity index (χ4v) is 1.81. The van der Waals surface area contributed by atoms with E-state index < -0.39 is 0 Å². The minimum atomic E-state index is -0.344. The Hall–Kier alpha value is -2.41. The topological polar surface area (TPSA) is 103 Å². The van der Waals surface area contributed by atoms with E-state index in [2.05, 4.69) is 15.5 Å². The second-order valence-corrected chi connectivity index (χ2v) is 4.90. The summed E-state index contributed by atoms with van der Waals surface area (Å²) >= 11 is 0. The summed E-state index contributed by atoms with van der Waals surface area (Å²) in [5.41, 5.74) is 6.51. The summed E-state index contributed by atoms with van der Waals surface area (Å²) in [6.07, 6.45) is 2.13. The van der Waals surface area contributed by atoms with E-state index in [-0.39, 0.29) is 18.5 Å². The molecule has 0 saturated heterocycles. The number of carbonyl (C=O) groups is 1. The van der Waals surface area contributed by atoms with Crippen molar-refractivity contribution < 1.29 is 13.9 Å². The Kier molecular flexibility index (Phi) is 3.83. The van der Waals surface area contributed by atoms with Crippen LogP contribution in [0.3, 0.4) is 0 Å². The van der Waals surface area contributed by atoms with Gasteiger partial charge in [0, 0.05) is 12.5 Å². The molecule has 1 saturated carbocycles. The fourth-order valence-electron chi connectivity index (χ4n) is 1.81. The number of amides is 1. The minimum absolute atomic E-state index is 0.115. The van der Waals surface area contributed by atoms with Gasteiger partial charge in [-0.2, -0.15) is 0 Å². The molecular weight excluding hydrogens is 272 g/mol. The fraction of sp³-hybridized carbons (Fsp3) is 0.357. The van der Waals surface area contributed by atoms with Crippen LogP contribution in [0.5, 0.6) is 5.75 Å². The van der Waals surface area contributed by atoms with Crippen LogP contribution in [0.1, 0.15) is 30.2 Å². The van der Waals surface area contributed by atoms with Crippen LogP contribution in [-0.4, -0.2) is 22.7 Å². The number of hydrogen-bond donors (Lipinski definition) is 2. The highest BCUT2D eigenvalue weighted by Gasteiger charge is 2.29. The van der Waals surface area contributed by atoms with Gasteiger partial charge in [0.2, 0.25) is 5.89 Å². The number of hydrogen-bond acceptors (Lipinski definition) is 6. The maximum Gasteiger partial charge on any atom is 0.322 e. The van der Waals surface area contributed by atoms with Crippen molar-refractivity contribution in [3.8, 4) is 5.75 Å². The summed E-state index contributed by atoms with van der Waals surface area (Å²) in [6, 6.07) is 7.37. The number of nitrogens with zero attached hydrogens (tertiary/aromatic N) is 2. The molecule has 0 atom stereocenters. The Morgan fingerprint density at radius 2 is 2.10 bits per heavy atom. The molecule has 110 valence electrons. The average molecular weight is 288 g/mol. The molecule has 1 heterocycles. The Morgan fingerprint density at radius 1 is 1.33 bits per heavy atom. The minimum Gasteiger partial charge on any atom is -0.484 e. The third kappa shape index (κ3) is 3.57. The lowest BCUT2D eigenvalue weighted by molar-refractivity contribution is -0.118. The maximum absolute atomic E-state index is 11.7. The van der Waals surface area contributed by atoms with E-state index in [0.29, 0.717) is 24.1 Å². The first-order valence-corrected chi connectivity index (χ1v) is 6.79. The summed E-state index contributed by atoms with van der Waals surface area (Å²) in [5, 5.41) is 10.2. The molecule has 21 heavy (non-hydrogen) atoms. The third-order valence-electron chi connectivity index (χ3n) is 3.14. The van der Waals surface area contributed by atoms with E-state index in [1.165, 1.54) is 0 Å². The summed E-state index contributed by atoms with van der Waals surface area (Å²) in [4.78, 5) is 11.7. The highest BCUT2D eigenvalue weighted by Crippen LogP contribution is 2.39. The van der Waals surface area contributed by atoms with Crippen LogP contribution in [0.25, 0.3) is 0 Å². The molecule has 7 nitrogen and oxygen atoms in total. The van der Waals surface area contributed by atoms with Gasteiger partial charge in [-0.3, -0.25) is 10.1 Å². The molecule has 1 fully saturated rings. The molecule has 0 aliphatic heterocycles. The molecule has 3 rings (SSSR count). The quantitative estimate of drug-likeness (QED) is 0.833. The molecule has 0 spiro atoms. The molecule has 0 unspecified atom stereocenters. The van der Waals surface area contributed by atoms with E-state index in [1.54, 1.807) is 12.1 Å². The van der Waals surface area contributed by atoms with Crippen LogP contribution in [-0.2, 0) is 11.3 Å². The Balaban J connectivity index is 1.48. The monoisotopic (exact) mass is 288 g/mol. The number of rotatable bonds is 6. The average Bonchev–Trinajstić information content (AvgIpc) is 3.26. The lowest BCUT2D eigenvalue weighted by atomic mass is 10.2. The number of benzene rings is 1. The van der Waals surface area contributed by atoms with Gasteiger partial charge >= 0.3 is 6.01 Å². The number of carbonyl (C=O) groups excluding carboxylic acids is 1. The van der Waals surface area contributed by atoms with Gasteiger partial charge < -0.3 is 14.9 Å². The first kappa shape index (κ1) is 13.6. The Labute approximate surface area is 121 Å². The highest BCUT2D eigenvalue weighted by molar-refractivity contribution is 5.89. The van der Waals surface area contributed by atoms with E-state index in [1.807, 2.05) is 12.1 Å². The number of aromatic nitrogens is 2. The zero-order valence-corrected chi connectivity index (χ0v) is 11.4. The van der Waals surface area contributed by atoms with Gasteiger partial charge in [0.25, 0.3) is 5.91 Å². The molecule has 2 aromatic rings. The second-order valence-electron chi connectivity index (χ2n) is 4.90. The van der Waals surface area contributed by atoms with Gasteiger partial charge in [0.15, 0.2) is 6.61 Å². The van der Waals surface area contributed by atoms with Crippen molar-refractivity contribution in [2.45, 2.75) is 25.3 Å². The zero-order chi connectivity index (χ0) is 14.7. The van der Waals surface area contributed by atoms with E-state index >= 15 is 0 Å². The van der Waals surface area contributed by atoms with Crippen molar-refractivity contribution in [1.29, 1.82) is 0 Å². The summed E-state index contributed by atoms with van der Waals surface area (Å²) < 4.78 is 10.7. The molecule has 1 aliphatic rings. The largest absolute Gasteiger partial charge is 0.484 e. The first-order valence-electron chi connectivity index (χ1n) is 6.79. The van der Waals surface area contributed by atoms with Gasteiger partial charge in [-0.05, 0) is 30.5 Å². The lowest BCUT2D eigenvalue weighted by Crippen LogP contribution is -2.20. The van der Waals surface area contributed by atoms with Crippen molar-refractivity contribution in [1.82, 2.24) is 10.2 Å². The number of nitrogens with two attached hydrogens (primary N) is 1. The third-order valence-corrected chi connectivity index (χ3v) is 3.14. The standard InChI is InChI=1S/C14H16N4O3/c15-7-9-1-5-11(6-2-9)20-8-12(19)16-14-18-17-13(21-14)10-3-4-10/h1-2,5-6,10H,3-4,7-8,15H2,(H,16,18,19). The predicted octanol–water partition coefficient (Wildman–Crippen LogP) is 1.42. The van der Waals surface area contributed by atoms with Gasteiger partial charge in [0.1, 0.15) is 5.75 Å². The molecule has 0 bridgehead atoms. The molecule has 1 aromatic heterocycles. The van der Waals surface area contributed by atoms with Crippen molar-refractivity contribution in [2.24, 2.45) is 5.73 Å². The van der Waals surface area contributed by atoms with Crippen LogP contribution >= 0.6 is 0 Å². The molecule has 1 amide bonds. The van der Waals surface area contributed by atoms with Gasteiger partial charge in [0.05, 0.1) is 0 Å². The summed E-state index contributed by atoms with van der Waals surface area (Å²) in [6.45, 7) is 0.352. The van der Waals surface area contributed by atoms with Crippen molar-refractivity contribution in [3.05, 3.63) is 35.7 Å². The van der Waals surface area contributed by atoms with Gasteiger partial charge in [-0.1, -0.05) is 17.2 Å². The normalized spacial score (nSPS) is 14.0. The second kappa shape index (κ2) is 5.92. The SMILES string of the molecule is NCc1ccc(OCC(=O)Nc2nnc(C3CC3)o2)cc1. The first-order chi connectivity index (χ1) is 10.2. The summed E-state index contributed by atoms with van der Waals surface area (Å²) in [7, 11) is 0. The highest BCUT2D eigenvalue weighted by atomic mass is 16.5. The van der Waals surface area contributed by atoms with Crippen molar-refractivity contribution in [3.63, 3.8) is 0 Å². The molecule has 1 aromatic carbocycles. The molecule has 0 radical (unpaired) electrons. The van der Waals surface area contributed by atoms with E-state index in [0.717, 1.165) is 18.4 Å². The van der Waals surface area contributed by atoms with Gasteiger partial charge in [-0.25, -0.2) is 0 Å². The Bertz CT molecular complexity index is 619. The lowest BCUT2D eigenvalue weighted by Gasteiger charge is -2.05. The van der Waals surface area contributed by atoms with Crippen molar-refractivity contribution in [2.75, 3.05) is 11.9 Å². The van der Waals surface area contributed by atoms with Crippen molar-refractivity contribution >= 4 is 11.9 Å². The van der Waals surface area contributed by atoms with Gasteiger partial charge in [-0.15, -0.1) is 5.10 Å². The number of ether oxygens (including phenoxy) is 1. The van der Waals surface area contributed by atoms with Crippen LogP contribution in [0.2, 0.25) is 0 Å². The van der Waals surface area contributed by atoms with E-state index in [4.69, 9.17) is 14.9 Å². The summed E-state index contributed by atoms with van der Waals surface area (Å²) in [5.74, 6) is 1.21. The number of anilines is 1. The molecule has 7 heteroatoms. The maximum atomic E-state index is 11.7. The smallest absolute Gasteiger partial charge is 0.322 e. The van der Waals surface area contributed by atoms with E-state index in [9.17, 15) is 4.79 Å². The van der Waals surface area contributed by atoms with Crippen LogP contribution in [0.4, 0.5) is 6.01 Å². The predicted molar refractivity (Wildman–Crippen MR) is 74.7 cm³/mol.